The SMILES string of the molecule is C[C@H](CCl)CN1c2ccccc2Sc2ccccc21. The molecule has 0 amide bonds. The predicted octanol–water partition coefficient (Wildman–Crippen LogP) is 5.16. The zero-order valence-electron chi connectivity index (χ0n) is 10.8. The molecule has 19 heavy (non-hydrogen) atoms. The van der Waals surface area contributed by atoms with Crippen molar-refractivity contribution >= 4 is 34.7 Å². The lowest BCUT2D eigenvalue weighted by Gasteiger charge is -2.34. The molecule has 0 saturated carbocycles. The summed E-state index contributed by atoms with van der Waals surface area (Å²) in [5, 5.41) is 0. The first kappa shape index (κ1) is 12.9. The van der Waals surface area contributed by atoms with Crippen LogP contribution in [-0.4, -0.2) is 12.4 Å². The molecule has 0 unspecified atom stereocenters. The Hall–Kier alpha value is -1.12. The highest BCUT2D eigenvalue weighted by Gasteiger charge is 2.23. The molecule has 0 radical (unpaired) electrons. The van der Waals surface area contributed by atoms with Crippen LogP contribution in [0.15, 0.2) is 58.3 Å². The third-order valence-electron chi connectivity index (χ3n) is 3.29. The molecule has 1 aliphatic rings. The molecule has 2 aromatic carbocycles. The molecular weight excluding hydrogens is 274 g/mol. The number of hydrogen-bond donors (Lipinski definition) is 0. The number of nitrogens with zero attached hydrogens (tertiary/aromatic N) is 1. The smallest absolute Gasteiger partial charge is 0.0552 e. The van der Waals surface area contributed by atoms with Crippen LogP contribution in [0, 0.1) is 5.92 Å². The van der Waals surface area contributed by atoms with Gasteiger partial charge in [0, 0.05) is 22.2 Å². The first-order valence-corrected chi connectivity index (χ1v) is 7.84. The van der Waals surface area contributed by atoms with Crippen molar-refractivity contribution in [3.05, 3.63) is 48.5 Å². The van der Waals surface area contributed by atoms with Gasteiger partial charge in [-0.15, -0.1) is 11.6 Å². The van der Waals surface area contributed by atoms with Gasteiger partial charge in [-0.05, 0) is 30.2 Å². The van der Waals surface area contributed by atoms with E-state index in [0.717, 1.165) is 6.54 Å². The summed E-state index contributed by atoms with van der Waals surface area (Å²) >= 11 is 7.84. The largest absolute Gasteiger partial charge is 0.339 e. The number of halogens is 1. The van der Waals surface area contributed by atoms with E-state index in [1.165, 1.54) is 21.2 Å². The number of hydrogen-bond acceptors (Lipinski definition) is 2. The Morgan fingerprint density at radius 1 is 1.00 bits per heavy atom. The van der Waals surface area contributed by atoms with Crippen molar-refractivity contribution < 1.29 is 0 Å². The van der Waals surface area contributed by atoms with E-state index in [1.54, 1.807) is 0 Å². The zero-order valence-corrected chi connectivity index (χ0v) is 12.4. The van der Waals surface area contributed by atoms with E-state index in [9.17, 15) is 0 Å². The number of para-hydroxylation sites is 2. The number of alkyl halides is 1. The Kier molecular flexibility index (Phi) is 3.72. The molecule has 0 saturated heterocycles. The third-order valence-corrected chi connectivity index (χ3v) is 4.95. The minimum atomic E-state index is 0.464. The zero-order chi connectivity index (χ0) is 13.2. The lowest BCUT2D eigenvalue weighted by molar-refractivity contribution is 0.653. The summed E-state index contributed by atoms with van der Waals surface area (Å²) in [6, 6.07) is 17.2. The monoisotopic (exact) mass is 289 g/mol. The minimum Gasteiger partial charge on any atom is -0.339 e. The molecule has 1 atom stereocenters. The van der Waals surface area contributed by atoms with Crippen LogP contribution in [-0.2, 0) is 0 Å². The molecular formula is C16H16ClNS. The van der Waals surface area contributed by atoms with Crippen LogP contribution in [0.4, 0.5) is 11.4 Å². The van der Waals surface area contributed by atoms with Crippen LogP contribution >= 0.6 is 23.4 Å². The summed E-state index contributed by atoms with van der Waals surface area (Å²) in [5.41, 5.74) is 2.59. The lowest BCUT2D eigenvalue weighted by atomic mass is 10.1. The molecule has 1 aliphatic heterocycles. The standard InChI is InChI=1S/C16H16ClNS/c1-12(10-17)11-18-13-6-2-4-8-15(13)19-16-9-5-3-7-14(16)18/h2-9,12H,10-11H2,1H3/t12-/m1/s1. The fourth-order valence-electron chi connectivity index (χ4n) is 2.34. The van der Waals surface area contributed by atoms with Crippen molar-refractivity contribution in [3.63, 3.8) is 0 Å². The van der Waals surface area contributed by atoms with E-state index >= 15 is 0 Å². The second-order valence-corrected chi connectivity index (χ2v) is 6.30. The molecule has 0 aromatic heterocycles. The maximum Gasteiger partial charge on any atom is 0.0552 e. The van der Waals surface area contributed by atoms with Gasteiger partial charge in [0.2, 0.25) is 0 Å². The first-order chi connectivity index (χ1) is 9.29. The van der Waals surface area contributed by atoms with Crippen LogP contribution in [0.25, 0.3) is 0 Å². The van der Waals surface area contributed by atoms with Crippen LogP contribution < -0.4 is 4.90 Å². The van der Waals surface area contributed by atoms with Gasteiger partial charge in [0.05, 0.1) is 11.4 Å². The molecule has 1 heterocycles. The van der Waals surface area contributed by atoms with Gasteiger partial charge in [0.25, 0.3) is 0 Å². The van der Waals surface area contributed by atoms with Gasteiger partial charge < -0.3 is 4.90 Å². The summed E-state index contributed by atoms with van der Waals surface area (Å²) in [6.45, 7) is 3.15. The van der Waals surface area contributed by atoms with Crippen molar-refractivity contribution in [2.75, 3.05) is 17.3 Å². The molecule has 0 N–H and O–H groups in total. The second kappa shape index (κ2) is 5.48. The Bertz CT molecular complexity index is 539. The van der Waals surface area contributed by atoms with Crippen molar-refractivity contribution in [1.29, 1.82) is 0 Å². The first-order valence-electron chi connectivity index (χ1n) is 6.49. The van der Waals surface area contributed by atoms with Gasteiger partial charge in [-0.3, -0.25) is 0 Å². The Morgan fingerprint density at radius 2 is 1.53 bits per heavy atom. The van der Waals surface area contributed by atoms with Crippen LogP contribution in [0.2, 0.25) is 0 Å². The highest BCUT2D eigenvalue weighted by atomic mass is 35.5. The Morgan fingerprint density at radius 3 is 2.05 bits per heavy atom. The highest BCUT2D eigenvalue weighted by Crippen LogP contribution is 2.47. The molecule has 0 spiro atoms. The average molecular weight is 290 g/mol. The number of anilines is 2. The van der Waals surface area contributed by atoms with Gasteiger partial charge in [0.15, 0.2) is 0 Å². The molecule has 98 valence electrons. The summed E-state index contributed by atoms with van der Waals surface area (Å²) in [4.78, 5) is 5.04. The van der Waals surface area contributed by atoms with Crippen molar-refractivity contribution in [2.45, 2.75) is 16.7 Å². The predicted molar refractivity (Wildman–Crippen MR) is 83.9 cm³/mol. The molecule has 2 aromatic rings. The van der Waals surface area contributed by atoms with E-state index in [1.807, 2.05) is 11.8 Å². The van der Waals surface area contributed by atoms with Gasteiger partial charge in [-0.1, -0.05) is 43.0 Å². The van der Waals surface area contributed by atoms with Crippen molar-refractivity contribution in [2.24, 2.45) is 5.92 Å². The van der Waals surface area contributed by atoms with E-state index < -0.39 is 0 Å². The van der Waals surface area contributed by atoms with Gasteiger partial charge >= 0.3 is 0 Å². The van der Waals surface area contributed by atoms with Gasteiger partial charge in [-0.2, -0.15) is 0 Å². The Labute approximate surface area is 123 Å². The molecule has 1 nitrogen and oxygen atoms in total. The third kappa shape index (κ3) is 2.47. The number of fused-ring (bicyclic) bond motifs is 2. The molecule has 0 aliphatic carbocycles. The van der Waals surface area contributed by atoms with Crippen molar-refractivity contribution in [1.82, 2.24) is 0 Å². The summed E-state index contributed by atoms with van der Waals surface area (Å²) in [7, 11) is 0. The summed E-state index contributed by atoms with van der Waals surface area (Å²) in [6.07, 6.45) is 0. The van der Waals surface area contributed by atoms with E-state index in [0.29, 0.717) is 11.8 Å². The minimum absolute atomic E-state index is 0.464. The molecule has 3 rings (SSSR count). The maximum atomic E-state index is 5.99. The van der Waals surface area contributed by atoms with Gasteiger partial charge in [0.1, 0.15) is 0 Å². The summed E-state index contributed by atoms with van der Waals surface area (Å²) < 4.78 is 0. The average Bonchev–Trinajstić information content (AvgIpc) is 2.46. The fourth-order valence-corrected chi connectivity index (χ4v) is 3.53. The lowest BCUT2D eigenvalue weighted by Crippen LogP contribution is -2.26. The van der Waals surface area contributed by atoms with Crippen LogP contribution in [0.1, 0.15) is 6.92 Å². The van der Waals surface area contributed by atoms with Crippen LogP contribution in [0.5, 0.6) is 0 Å². The Balaban J connectivity index is 2.06. The fraction of sp³-hybridized carbons (Fsp3) is 0.250. The second-order valence-electron chi connectivity index (χ2n) is 4.91. The topological polar surface area (TPSA) is 3.24 Å². The quantitative estimate of drug-likeness (QED) is 0.718. The van der Waals surface area contributed by atoms with E-state index in [-0.39, 0.29) is 0 Å². The summed E-state index contributed by atoms with van der Waals surface area (Å²) in [5.74, 6) is 1.15. The molecule has 0 fully saturated rings. The number of rotatable bonds is 3. The molecule has 0 bridgehead atoms. The van der Waals surface area contributed by atoms with Gasteiger partial charge in [-0.25, -0.2) is 0 Å². The van der Waals surface area contributed by atoms with E-state index in [4.69, 9.17) is 11.6 Å². The molecule has 3 heteroatoms. The number of benzene rings is 2. The van der Waals surface area contributed by atoms with E-state index in [2.05, 4.69) is 60.4 Å². The van der Waals surface area contributed by atoms with Crippen molar-refractivity contribution in [3.8, 4) is 0 Å². The highest BCUT2D eigenvalue weighted by molar-refractivity contribution is 7.99. The van der Waals surface area contributed by atoms with Crippen LogP contribution in [0.3, 0.4) is 0 Å². The maximum absolute atomic E-state index is 5.99. The normalized spacial score (nSPS) is 14.7.